The zero-order valence-corrected chi connectivity index (χ0v) is 21.7. The molecular weight excluding hydrogens is 492 g/mol. The average molecular weight is 521 g/mol. The highest BCUT2D eigenvalue weighted by Gasteiger charge is 2.46. The van der Waals surface area contributed by atoms with Crippen molar-refractivity contribution in [3.63, 3.8) is 0 Å². The van der Waals surface area contributed by atoms with Crippen LogP contribution >= 0.6 is 0 Å². The molecule has 7 heteroatoms. The van der Waals surface area contributed by atoms with Gasteiger partial charge >= 0.3 is 0 Å². The van der Waals surface area contributed by atoms with E-state index in [9.17, 15) is 14.7 Å². The lowest BCUT2D eigenvalue weighted by atomic mass is 9.95. The van der Waals surface area contributed by atoms with Crippen molar-refractivity contribution in [1.29, 1.82) is 0 Å². The van der Waals surface area contributed by atoms with Gasteiger partial charge in [-0.25, -0.2) is 0 Å². The van der Waals surface area contributed by atoms with Crippen LogP contribution < -0.4 is 9.47 Å². The SMILES string of the molecule is COc1ccc(CN2C(=O)C(=O)/C(=C(\O)c3ccc(OCc4ccccc4)c(C)c3)C2c2cccnc2)cc1. The first-order valence-corrected chi connectivity index (χ1v) is 12.6. The highest BCUT2D eigenvalue weighted by Crippen LogP contribution is 2.40. The van der Waals surface area contributed by atoms with Crippen LogP contribution in [0.1, 0.15) is 33.9 Å². The molecule has 1 amide bonds. The molecule has 1 N–H and O–H groups in total. The molecule has 1 aliphatic heterocycles. The molecule has 1 aliphatic rings. The van der Waals surface area contributed by atoms with Crippen molar-refractivity contribution in [3.8, 4) is 11.5 Å². The van der Waals surface area contributed by atoms with Gasteiger partial charge in [0, 0.05) is 24.5 Å². The van der Waals surface area contributed by atoms with E-state index < -0.39 is 17.7 Å². The van der Waals surface area contributed by atoms with Gasteiger partial charge in [0.1, 0.15) is 23.9 Å². The molecule has 1 unspecified atom stereocenters. The number of methoxy groups -OCH3 is 1. The number of carbonyl (C=O) groups is 2. The van der Waals surface area contributed by atoms with Crippen LogP contribution in [0.3, 0.4) is 0 Å². The van der Waals surface area contributed by atoms with Crippen molar-refractivity contribution in [2.45, 2.75) is 26.1 Å². The van der Waals surface area contributed by atoms with Gasteiger partial charge in [-0.1, -0.05) is 48.5 Å². The summed E-state index contributed by atoms with van der Waals surface area (Å²) in [7, 11) is 1.58. The van der Waals surface area contributed by atoms with E-state index in [1.807, 2.05) is 49.4 Å². The monoisotopic (exact) mass is 520 g/mol. The first-order valence-electron chi connectivity index (χ1n) is 12.6. The summed E-state index contributed by atoms with van der Waals surface area (Å²) in [5, 5.41) is 11.4. The molecule has 0 bridgehead atoms. The zero-order chi connectivity index (χ0) is 27.4. The average Bonchev–Trinajstić information content (AvgIpc) is 3.22. The maximum atomic E-state index is 13.3. The quantitative estimate of drug-likeness (QED) is 0.185. The third-order valence-electron chi connectivity index (χ3n) is 6.74. The number of likely N-dealkylation sites (tertiary alicyclic amines) is 1. The predicted octanol–water partition coefficient (Wildman–Crippen LogP) is 5.60. The van der Waals surface area contributed by atoms with E-state index in [-0.39, 0.29) is 17.9 Å². The van der Waals surface area contributed by atoms with Crippen LogP contribution in [0.15, 0.2) is 103 Å². The van der Waals surface area contributed by atoms with Crippen molar-refractivity contribution in [3.05, 3.63) is 131 Å². The number of Topliss-reactive ketones (excluding diaryl/α,β-unsaturated/α-hetero) is 1. The molecule has 2 heterocycles. The third kappa shape index (κ3) is 5.38. The number of aryl methyl sites for hydroxylation is 1. The van der Waals surface area contributed by atoms with E-state index >= 15 is 0 Å². The van der Waals surface area contributed by atoms with Crippen molar-refractivity contribution < 1.29 is 24.2 Å². The molecule has 1 saturated heterocycles. The number of amides is 1. The number of carbonyl (C=O) groups excluding carboxylic acids is 2. The molecule has 3 aromatic carbocycles. The normalized spacial score (nSPS) is 16.4. The Morgan fingerprint density at radius 1 is 0.949 bits per heavy atom. The highest BCUT2D eigenvalue weighted by molar-refractivity contribution is 6.46. The van der Waals surface area contributed by atoms with E-state index in [4.69, 9.17) is 9.47 Å². The summed E-state index contributed by atoms with van der Waals surface area (Å²) < 4.78 is 11.2. The lowest BCUT2D eigenvalue weighted by Gasteiger charge is -2.25. The Morgan fingerprint density at radius 2 is 1.72 bits per heavy atom. The number of aromatic nitrogens is 1. The summed E-state index contributed by atoms with van der Waals surface area (Å²) in [4.78, 5) is 32.3. The molecule has 0 saturated carbocycles. The van der Waals surface area contributed by atoms with Gasteiger partial charge in [-0.05, 0) is 65.6 Å². The number of pyridine rings is 1. The number of benzene rings is 3. The molecule has 0 radical (unpaired) electrons. The second-order valence-corrected chi connectivity index (χ2v) is 9.32. The van der Waals surface area contributed by atoms with Crippen LogP contribution in [0.5, 0.6) is 11.5 Å². The Hall–Kier alpha value is -4.91. The minimum atomic E-state index is -0.796. The van der Waals surface area contributed by atoms with E-state index in [0.29, 0.717) is 29.2 Å². The minimum Gasteiger partial charge on any atom is -0.507 e. The van der Waals surface area contributed by atoms with Gasteiger partial charge in [0.05, 0.1) is 18.7 Å². The Morgan fingerprint density at radius 3 is 2.38 bits per heavy atom. The Labute approximate surface area is 227 Å². The number of rotatable bonds is 8. The topological polar surface area (TPSA) is 89.0 Å². The van der Waals surface area contributed by atoms with Gasteiger partial charge in [0.2, 0.25) is 0 Å². The molecule has 0 spiro atoms. The third-order valence-corrected chi connectivity index (χ3v) is 6.74. The fourth-order valence-corrected chi connectivity index (χ4v) is 4.70. The molecule has 1 atom stereocenters. The Balaban J connectivity index is 1.49. The van der Waals surface area contributed by atoms with E-state index in [0.717, 1.165) is 16.7 Å². The van der Waals surface area contributed by atoms with Crippen LogP contribution in [0, 0.1) is 6.92 Å². The van der Waals surface area contributed by atoms with E-state index in [1.165, 1.54) is 4.90 Å². The number of ether oxygens (including phenoxy) is 2. The minimum absolute atomic E-state index is 0.0267. The summed E-state index contributed by atoms with van der Waals surface area (Å²) in [6.45, 7) is 2.46. The summed E-state index contributed by atoms with van der Waals surface area (Å²) in [6.07, 6.45) is 3.23. The largest absolute Gasteiger partial charge is 0.507 e. The Bertz CT molecular complexity index is 1520. The number of nitrogens with zero attached hydrogens (tertiary/aromatic N) is 2. The van der Waals surface area contributed by atoms with E-state index in [2.05, 4.69) is 4.98 Å². The second-order valence-electron chi connectivity index (χ2n) is 9.32. The van der Waals surface area contributed by atoms with Crippen LogP contribution in [-0.4, -0.2) is 33.8 Å². The number of aliphatic hydroxyl groups is 1. The lowest BCUT2D eigenvalue weighted by molar-refractivity contribution is -0.140. The molecule has 5 rings (SSSR count). The molecule has 7 nitrogen and oxygen atoms in total. The second kappa shape index (κ2) is 11.2. The number of hydrogen-bond donors (Lipinski definition) is 1. The standard InChI is InChI=1S/C32H28N2O5/c1-21-17-24(12-15-27(21)39-20-23-7-4-3-5-8-23)30(35)28-29(25-9-6-16-33-18-25)34(32(37)31(28)36)19-22-10-13-26(38-2)14-11-22/h3-18,29,35H,19-20H2,1-2H3/b30-28-. The van der Waals surface area contributed by atoms with Crippen molar-refractivity contribution in [1.82, 2.24) is 9.88 Å². The lowest BCUT2D eigenvalue weighted by Crippen LogP contribution is -2.29. The maximum absolute atomic E-state index is 13.3. The van der Waals surface area contributed by atoms with Crippen LogP contribution in [0.4, 0.5) is 0 Å². The predicted molar refractivity (Wildman–Crippen MR) is 147 cm³/mol. The number of aliphatic hydroxyl groups excluding tert-OH is 1. The number of ketones is 1. The first kappa shape index (κ1) is 25.7. The fraction of sp³-hybridized carbons (Fsp3) is 0.156. The molecule has 4 aromatic rings. The van der Waals surface area contributed by atoms with Crippen LogP contribution in [-0.2, 0) is 22.7 Å². The maximum Gasteiger partial charge on any atom is 0.295 e. The molecule has 0 aliphatic carbocycles. The molecule has 39 heavy (non-hydrogen) atoms. The summed E-state index contributed by atoms with van der Waals surface area (Å²) in [6, 6.07) is 25.1. The van der Waals surface area contributed by atoms with Crippen LogP contribution in [0.25, 0.3) is 5.76 Å². The van der Waals surface area contributed by atoms with Gasteiger partial charge in [-0.15, -0.1) is 0 Å². The molecule has 1 fully saturated rings. The highest BCUT2D eigenvalue weighted by atomic mass is 16.5. The van der Waals surface area contributed by atoms with Gasteiger partial charge in [0.15, 0.2) is 0 Å². The van der Waals surface area contributed by atoms with E-state index in [1.54, 1.807) is 62.0 Å². The Kier molecular flexibility index (Phi) is 7.41. The summed E-state index contributed by atoms with van der Waals surface area (Å²) in [5.74, 6) is -0.301. The molecule has 196 valence electrons. The van der Waals surface area contributed by atoms with Crippen LogP contribution in [0.2, 0.25) is 0 Å². The first-order chi connectivity index (χ1) is 19.0. The number of hydrogen-bond acceptors (Lipinski definition) is 6. The summed E-state index contributed by atoms with van der Waals surface area (Å²) in [5.41, 5.74) is 3.74. The van der Waals surface area contributed by atoms with Crippen molar-refractivity contribution in [2.75, 3.05) is 7.11 Å². The zero-order valence-electron chi connectivity index (χ0n) is 21.7. The molecular formula is C32H28N2O5. The summed E-state index contributed by atoms with van der Waals surface area (Å²) >= 11 is 0. The van der Waals surface area contributed by atoms with Crippen molar-refractivity contribution in [2.24, 2.45) is 0 Å². The molecule has 1 aromatic heterocycles. The smallest absolute Gasteiger partial charge is 0.295 e. The van der Waals surface area contributed by atoms with Crippen molar-refractivity contribution >= 4 is 17.4 Å². The van der Waals surface area contributed by atoms with Gasteiger partial charge in [-0.2, -0.15) is 0 Å². The van der Waals surface area contributed by atoms with Gasteiger partial charge in [0.25, 0.3) is 11.7 Å². The fourth-order valence-electron chi connectivity index (χ4n) is 4.70. The van der Waals surface area contributed by atoms with Gasteiger partial charge < -0.3 is 19.5 Å². The van der Waals surface area contributed by atoms with Gasteiger partial charge in [-0.3, -0.25) is 14.6 Å².